The van der Waals surface area contributed by atoms with E-state index in [2.05, 4.69) is 6.07 Å². The first kappa shape index (κ1) is 16.3. The minimum atomic E-state index is -0.533. The average molecular weight is 302 g/mol. The number of carbonyl (C=O) groups is 1. The zero-order valence-corrected chi connectivity index (χ0v) is 13.5. The van der Waals surface area contributed by atoms with E-state index in [1.165, 1.54) is 4.90 Å². The van der Waals surface area contributed by atoms with Crippen molar-refractivity contribution in [1.82, 2.24) is 4.90 Å². The molecule has 0 unspecified atom stereocenters. The van der Waals surface area contributed by atoms with Crippen LogP contribution in [0.5, 0.6) is 0 Å². The van der Waals surface area contributed by atoms with Gasteiger partial charge in [0.15, 0.2) is 0 Å². The first-order valence-corrected chi connectivity index (χ1v) is 7.39. The fourth-order valence-corrected chi connectivity index (χ4v) is 2.51. The second-order valence-corrected chi connectivity index (χ2v) is 6.46. The first-order chi connectivity index (χ1) is 10.3. The van der Waals surface area contributed by atoms with Gasteiger partial charge in [-0.15, -0.1) is 0 Å². The number of nitrogens with zero attached hydrogens (tertiary/aromatic N) is 2. The third kappa shape index (κ3) is 3.77. The number of ether oxygens (including phenoxy) is 2. The Hall–Kier alpha value is -2.06. The summed E-state index contributed by atoms with van der Waals surface area (Å²) in [6, 6.07) is 7.90. The number of amides is 1. The molecule has 0 spiro atoms. The molecule has 0 saturated carbocycles. The second-order valence-electron chi connectivity index (χ2n) is 6.46. The molecule has 0 radical (unpaired) electrons. The van der Waals surface area contributed by atoms with E-state index in [4.69, 9.17) is 9.47 Å². The molecular formula is C17H22N2O3. The lowest BCUT2D eigenvalue weighted by molar-refractivity contribution is -0.00174. The highest BCUT2D eigenvalue weighted by Crippen LogP contribution is 2.30. The molecule has 0 saturated heterocycles. The molecule has 1 aromatic carbocycles. The Bertz CT molecular complexity index is 599. The third-order valence-corrected chi connectivity index (χ3v) is 3.47. The van der Waals surface area contributed by atoms with Crippen molar-refractivity contribution in [2.24, 2.45) is 0 Å². The summed E-state index contributed by atoms with van der Waals surface area (Å²) in [6.45, 7) is 6.45. The van der Waals surface area contributed by atoms with Gasteiger partial charge in [-0.25, -0.2) is 4.79 Å². The van der Waals surface area contributed by atoms with Gasteiger partial charge in [0.2, 0.25) is 0 Å². The molecule has 1 amide bonds. The van der Waals surface area contributed by atoms with E-state index in [0.717, 1.165) is 17.5 Å². The van der Waals surface area contributed by atoms with Crippen molar-refractivity contribution in [3.05, 3.63) is 34.9 Å². The number of carbonyl (C=O) groups excluding carboxylic acids is 1. The van der Waals surface area contributed by atoms with Gasteiger partial charge in [0.1, 0.15) is 11.7 Å². The summed E-state index contributed by atoms with van der Waals surface area (Å²) in [6.07, 6.45) is 0.104. The minimum absolute atomic E-state index is 0.294. The van der Waals surface area contributed by atoms with E-state index < -0.39 is 11.7 Å². The van der Waals surface area contributed by atoms with E-state index in [9.17, 15) is 10.1 Å². The Kier molecular flexibility index (Phi) is 4.72. The fraction of sp³-hybridized carbons (Fsp3) is 0.529. The Morgan fingerprint density at radius 1 is 1.50 bits per heavy atom. The van der Waals surface area contributed by atoms with Crippen LogP contribution in [0.1, 0.15) is 43.6 Å². The molecule has 1 aliphatic rings. The topological polar surface area (TPSA) is 62.6 Å². The van der Waals surface area contributed by atoms with Gasteiger partial charge in [0.05, 0.1) is 24.8 Å². The van der Waals surface area contributed by atoms with Crippen LogP contribution in [0, 0.1) is 11.3 Å². The molecule has 0 aromatic heterocycles. The van der Waals surface area contributed by atoms with Crippen molar-refractivity contribution < 1.29 is 14.3 Å². The Labute approximate surface area is 131 Å². The Morgan fingerprint density at radius 3 is 2.86 bits per heavy atom. The largest absolute Gasteiger partial charge is 0.444 e. The molecule has 5 nitrogen and oxygen atoms in total. The van der Waals surface area contributed by atoms with Crippen molar-refractivity contribution in [2.75, 3.05) is 20.2 Å². The van der Waals surface area contributed by atoms with Crippen LogP contribution in [-0.4, -0.2) is 36.8 Å². The molecule has 1 aromatic rings. The molecule has 5 heteroatoms. The fourth-order valence-electron chi connectivity index (χ4n) is 2.51. The number of hydrogen-bond donors (Lipinski definition) is 0. The number of fused-ring (bicyclic) bond motifs is 1. The maximum absolute atomic E-state index is 12.1. The molecule has 22 heavy (non-hydrogen) atoms. The highest BCUT2D eigenvalue weighted by Gasteiger charge is 2.28. The SMILES string of the molecule is CN(C[C@@H]1OCCc2cccc(C#N)c21)C(=O)OC(C)(C)C. The molecule has 1 atom stereocenters. The van der Waals surface area contributed by atoms with Gasteiger partial charge in [0, 0.05) is 12.6 Å². The maximum atomic E-state index is 12.1. The normalized spacial score (nSPS) is 17.3. The van der Waals surface area contributed by atoms with Gasteiger partial charge in [0.25, 0.3) is 0 Å². The lowest BCUT2D eigenvalue weighted by atomic mass is 9.93. The van der Waals surface area contributed by atoms with Gasteiger partial charge in [-0.1, -0.05) is 12.1 Å². The predicted molar refractivity (Wildman–Crippen MR) is 82.4 cm³/mol. The smallest absolute Gasteiger partial charge is 0.410 e. The number of rotatable bonds is 2. The monoisotopic (exact) mass is 302 g/mol. The summed E-state index contributed by atoms with van der Waals surface area (Å²) in [7, 11) is 1.68. The standard InChI is InChI=1S/C17H22N2O3/c1-17(2,3)22-16(20)19(4)11-14-15-12(8-9-21-14)6-5-7-13(15)10-18/h5-7,14H,8-9,11H2,1-4H3/t14-/m0/s1. The van der Waals surface area contributed by atoms with E-state index in [1.807, 2.05) is 32.9 Å². The van der Waals surface area contributed by atoms with Crippen LogP contribution in [0.4, 0.5) is 4.79 Å². The predicted octanol–water partition coefficient (Wildman–Crippen LogP) is 3.04. The second kappa shape index (κ2) is 6.37. The minimum Gasteiger partial charge on any atom is -0.444 e. The summed E-state index contributed by atoms with van der Waals surface area (Å²) in [4.78, 5) is 13.6. The van der Waals surface area contributed by atoms with E-state index in [0.29, 0.717) is 18.7 Å². The molecule has 1 heterocycles. The van der Waals surface area contributed by atoms with Crippen LogP contribution in [0.2, 0.25) is 0 Å². The number of hydrogen-bond acceptors (Lipinski definition) is 4. The van der Waals surface area contributed by atoms with Gasteiger partial charge >= 0.3 is 6.09 Å². The summed E-state index contributed by atoms with van der Waals surface area (Å²) >= 11 is 0. The molecule has 0 bridgehead atoms. The van der Waals surface area contributed by atoms with Crippen LogP contribution in [0.25, 0.3) is 0 Å². The first-order valence-electron chi connectivity index (χ1n) is 7.39. The van der Waals surface area contributed by atoms with Crippen LogP contribution in [0.3, 0.4) is 0 Å². The lowest BCUT2D eigenvalue weighted by Gasteiger charge is -2.31. The van der Waals surface area contributed by atoms with Crippen LogP contribution in [-0.2, 0) is 15.9 Å². The zero-order valence-electron chi connectivity index (χ0n) is 13.5. The van der Waals surface area contributed by atoms with E-state index >= 15 is 0 Å². The molecule has 118 valence electrons. The van der Waals surface area contributed by atoms with E-state index in [1.54, 1.807) is 13.1 Å². The van der Waals surface area contributed by atoms with Crippen molar-refractivity contribution in [2.45, 2.75) is 38.9 Å². The lowest BCUT2D eigenvalue weighted by Crippen LogP contribution is -2.38. The zero-order chi connectivity index (χ0) is 16.3. The van der Waals surface area contributed by atoms with E-state index in [-0.39, 0.29) is 6.10 Å². The molecule has 2 rings (SSSR count). The van der Waals surface area contributed by atoms with Gasteiger partial charge in [-0.05, 0) is 38.8 Å². The van der Waals surface area contributed by atoms with Gasteiger partial charge < -0.3 is 14.4 Å². The third-order valence-electron chi connectivity index (χ3n) is 3.47. The summed E-state index contributed by atoms with van der Waals surface area (Å²) in [5.41, 5.74) is 2.09. The number of nitriles is 1. The van der Waals surface area contributed by atoms with Crippen LogP contribution < -0.4 is 0 Å². The maximum Gasteiger partial charge on any atom is 0.410 e. The van der Waals surface area contributed by atoms with Crippen LogP contribution >= 0.6 is 0 Å². The Morgan fingerprint density at radius 2 is 2.23 bits per heavy atom. The van der Waals surface area contributed by atoms with Crippen molar-refractivity contribution in [3.8, 4) is 6.07 Å². The quantitative estimate of drug-likeness (QED) is 0.842. The molecule has 0 fully saturated rings. The highest BCUT2D eigenvalue weighted by molar-refractivity contribution is 5.67. The van der Waals surface area contributed by atoms with Gasteiger partial charge in [-0.2, -0.15) is 5.26 Å². The average Bonchev–Trinajstić information content (AvgIpc) is 2.45. The molecule has 1 aliphatic heterocycles. The molecule has 0 N–H and O–H groups in total. The van der Waals surface area contributed by atoms with Crippen molar-refractivity contribution in [1.29, 1.82) is 5.26 Å². The van der Waals surface area contributed by atoms with Crippen LogP contribution in [0.15, 0.2) is 18.2 Å². The number of benzene rings is 1. The van der Waals surface area contributed by atoms with Gasteiger partial charge in [-0.3, -0.25) is 0 Å². The summed E-state index contributed by atoms with van der Waals surface area (Å²) in [5.74, 6) is 0. The van der Waals surface area contributed by atoms with Crippen molar-refractivity contribution in [3.63, 3.8) is 0 Å². The summed E-state index contributed by atoms with van der Waals surface area (Å²) < 4.78 is 11.1. The van der Waals surface area contributed by atoms with Crippen molar-refractivity contribution >= 4 is 6.09 Å². The Balaban J connectivity index is 2.16. The number of likely N-dealkylation sites (N-methyl/N-ethyl adjacent to an activating group) is 1. The molecule has 0 aliphatic carbocycles. The molecular weight excluding hydrogens is 280 g/mol. The summed E-state index contributed by atoms with van der Waals surface area (Å²) in [5, 5.41) is 9.30. The highest BCUT2D eigenvalue weighted by atomic mass is 16.6.